The highest BCUT2D eigenvalue weighted by molar-refractivity contribution is 6.21. The van der Waals surface area contributed by atoms with Crippen LogP contribution in [0.2, 0.25) is 0 Å². The second kappa shape index (κ2) is 13.8. The number of rotatable bonds is 13. The third-order valence-corrected chi connectivity index (χ3v) is 6.29. The quantitative estimate of drug-likeness (QED) is 0.0979. The number of ketones is 1. The maximum absolute atomic E-state index is 13.4. The molecule has 0 amide bonds. The number of carbonyl (C=O) groups excluding carboxylic acids is 2. The summed E-state index contributed by atoms with van der Waals surface area (Å²) in [6.07, 6.45) is 3.23. The van der Waals surface area contributed by atoms with E-state index < -0.39 is 5.97 Å². The van der Waals surface area contributed by atoms with Crippen LogP contribution < -0.4 is 23.7 Å². The van der Waals surface area contributed by atoms with Gasteiger partial charge in [0.1, 0.15) is 24.6 Å². The predicted molar refractivity (Wildman–Crippen MR) is 154 cm³/mol. The van der Waals surface area contributed by atoms with Gasteiger partial charge in [-0.3, -0.25) is 4.79 Å². The Morgan fingerprint density at radius 2 is 1.36 bits per heavy atom. The molecule has 0 fully saturated rings. The van der Waals surface area contributed by atoms with E-state index in [0.717, 1.165) is 0 Å². The lowest BCUT2D eigenvalue weighted by atomic mass is 10.0. The maximum Gasteiger partial charge on any atom is 0.339 e. The lowest BCUT2D eigenvalue weighted by Gasteiger charge is -2.13. The zero-order valence-electron chi connectivity index (χ0n) is 24.0. The average Bonchev–Trinajstić information content (AvgIpc) is 3.48. The molecule has 0 aliphatic rings. The molecule has 11 heteroatoms. The lowest BCUT2D eigenvalue weighted by molar-refractivity contribution is -0.137. The van der Waals surface area contributed by atoms with E-state index in [0.29, 0.717) is 51.1 Å². The van der Waals surface area contributed by atoms with Gasteiger partial charge in [-0.15, -0.1) is 5.10 Å². The Bertz CT molecular complexity index is 1580. The van der Waals surface area contributed by atoms with Gasteiger partial charge in [-0.1, -0.05) is 17.3 Å². The summed E-state index contributed by atoms with van der Waals surface area (Å²) < 4.78 is 33.7. The molecule has 3 aromatic carbocycles. The van der Waals surface area contributed by atoms with E-state index in [2.05, 4.69) is 10.3 Å². The third-order valence-electron chi connectivity index (χ3n) is 6.29. The van der Waals surface area contributed by atoms with Crippen LogP contribution in [0.3, 0.4) is 0 Å². The first-order valence-electron chi connectivity index (χ1n) is 12.8. The van der Waals surface area contributed by atoms with E-state index >= 15 is 0 Å². The van der Waals surface area contributed by atoms with Gasteiger partial charge in [0.25, 0.3) is 0 Å². The van der Waals surface area contributed by atoms with Crippen LogP contribution in [0.15, 0.2) is 66.9 Å². The molecule has 0 spiro atoms. The summed E-state index contributed by atoms with van der Waals surface area (Å²) in [5.41, 5.74) is 2.37. The third kappa shape index (κ3) is 7.05. The molecule has 11 nitrogen and oxygen atoms in total. The van der Waals surface area contributed by atoms with E-state index in [1.165, 1.54) is 26.0 Å². The number of ether oxygens (including phenoxy) is 6. The summed E-state index contributed by atoms with van der Waals surface area (Å²) in [5, 5.41) is 8.05. The normalized spacial score (nSPS) is 11.0. The second-order valence-electron chi connectivity index (χ2n) is 8.88. The summed E-state index contributed by atoms with van der Waals surface area (Å²) in [5.74, 6) is 1.92. The number of benzene rings is 3. The molecule has 0 atom stereocenters. The SMILES string of the molecule is COc1ccc(C(=O)Cn2cc(COC(=O)/C(=C/c3ccc(OC)c(OC)c3)c3ccc(OC)c(OC)c3)nn2)cc1. The monoisotopic (exact) mass is 573 g/mol. The Morgan fingerprint density at radius 3 is 2.00 bits per heavy atom. The van der Waals surface area contributed by atoms with Crippen molar-refractivity contribution in [2.75, 3.05) is 35.5 Å². The van der Waals surface area contributed by atoms with Gasteiger partial charge in [-0.05, 0) is 65.7 Å². The van der Waals surface area contributed by atoms with Gasteiger partial charge in [0.15, 0.2) is 28.8 Å². The minimum Gasteiger partial charge on any atom is -0.497 e. The van der Waals surface area contributed by atoms with Gasteiger partial charge in [0.2, 0.25) is 0 Å². The Balaban J connectivity index is 1.54. The number of carbonyl (C=O) groups is 2. The fourth-order valence-electron chi connectivity index (χ4n) is 4.09. The van der Waals surface area contributed by atoms with Crippen LogP contribution in [-0.2, 0) is 22.7 Å². The van der Waals surface area contributed by atoms with Crippen LogP contribution in [0.25, 0.3) is 11.6 Å². The molecular formula is C31H31N3O8. The maximum atomic E-state index is 13.4. The molecule has 0 radical (unpaired) electrons. The molecule has 42 heavy (non-hydrogen) atoms. The molecule has 1 heterocycles. The Kier molecular flexibility index (Phi) is 9.77. The van der Waals surface area contributed by atoms with Crippen molar-refractivity contribution < 1.29 is 38.0 Å². The van der Waals surface area contributed by atoms with Crippen molar-refractivity contribution in [3.63, 3.8) is 0 Å². The molecule has 4 aromatic rings. The van der Waals surface area contributed by atoms with Crippen LogP contribution in [0.1, 0.15) is 27.2 Å². The van der Waals surface area contributed by atoms with Crippen LogP contribution in [0.5, 0.6) is 28.7 Å². The summed E-state index contributed by atoms with van der Waals surface area (Å²) >= 11 is 0. The van der Waals surface area contributed by atoms with Gasteiger partial charge in [-0.2, -0.15) is 0 Å². The first-order chi connectivity index (χ1) is 20.4. The van der Waals surface area contributed by atoms with Crippen molar-refractivity contribution in [3.05, 3.63) is 89.2 Å². The summed E-state index contributed by atoms with van der Waals surface area (Å²) in [6.45, 7) is -0.185. The average molecular weight is 574 g/mol. The fraction of sp³-hybridized carbons (Fsp3) is 0.226. The van der Waals surface area contributed by atoms with Gasteiger partial charge >= 0.3 is 5.97 Å². The van der Waals surface area contributed by atoms with Gasteiger partial charge in [0, 0.05) is 5.56 Å². The number of Topliss-reactive ketones (excluding diaryl/α,β-unsaturated/α-hetero) is 1. The summed E-state index contributed by atoms with van der Waals surface area (Å²) in [7, 11) is 7.69. The first-order valence-corrected chi connectivity index (χ1v) is 12.8. The van der Waals surface area contributed by atoms with Gasteiger partial charge in [0.05, 0.1) is 47.3 Å². The number of nitrogens with zero attached hydrogens (tertiary/aromatic N) is 3. The van der Waals surface area contributed by atoms with E-state index in [-0.39, 0.29) is 24.5 Å². The molecular weight excluding hydrogens is 542 g/mol. The molecule has 0 unspecified atom stereocenters. The molecule has 0 aliphatic heterocycles. The minimum atomic E-state index is -0.610. The highest BCUT2D eigenvalue weighted by atomic mass is 16.5. The molecule has 0 saturated carbocycles. The molecule has 0 saturated heterocycles. The Hall–Kier alpha value is -5.32. The van der Waals surface area contributed by atoms with Crippen molar-refractivity contribution in [1.82, 2.24) is 15.0 Å². The van der Waals surface area contributed by atoms with E-state index in [1.807, 2.05) is 0 Å². The van der Waals surface area contributed by atoms with Crippen LogP contribution >= 0.6 is 0 Å². The Morgan fingerprint density at radius 1 is 0.738 bits per heavy atom. The minimum absolute atomic E-state index is 0.0244. The predicted octanol–water partition coefficient (Wildman–Crippen LogP) is 4.49. The summed E-state index contributed by atoms with van der Waals surface area (Å²) in [4.78, 5) is 26.1. The molecule has 0 aliphatic carbocycles. The van der Waals surface area contributed by atoms with Crippen molar-refractivity contribution in [1.29, 1.82) is 0 Å². The number of aromatic nitrogens is 3. The second-order valence-corrected chi connectivity index (χ2v) is 8.88. The first kappa shape index (κ1) is 29.7. The largest absolute Gasteiger partial charge is 0.497 e. The Labute approximate surface area is 243 Å². The molecule has 1 aromatic heterocycles. The number of hydrogen-bond donors (Lipinski definition) is 0. The van der Waals surface area contributed by atoms with Crippen molar-refractivity contribution in [2.45, 2.75) is 13.2 Å². The highest BCUT2D eigenvalue weighted by Gasteiger charge is 2.18. The molecule has 218 valence electrons. The lowest BCUT2D eigenvalue weighted by Crippen LogP contribution is -2.11. The van der Waals surface area contributed by atoms with Gasteiger partial charge < -0.3 is 28.4 Å². The molecule has 0 N–H and O–H groups in total. The van der Waals surface area contributed by atoms with Crippen LogP contribution in [0, 0.1) is 0 Å². The standard InChI is InChI=1S/C31H31N3O8/c1-37-24-10-7-21(8-11-24)26(35)18-34-17-23(32-33-34)19-42-31(36)25(22-9-13-28(39-3)30(16-22)41-5)14-20-6-12-27(38-2)29(15-20)40-4/h6-17H,18-19H2,1-5H3/b25-14+. The van der Waals surface area contributed by atoms with Crippen molar-refractivity contribution in [3.8, 4) is 28.7 Å². The van der Waals surface area contributed by atoms with E-state index in [4.69, 9.17) is 28.4 Å². The van der Waals surface area contributed by atoms with Gasteiger partial charge in [-0.25, -0.2) is 9.48 Å². The van der Waals surface area contributed by atoms with Crippen LogP contribution in [-0.4, -0.2) is 62.3 Å². The van der Waals surface area contributed by atoms with Crippen LogP contribution in [0.4, 0.5) is 0 Å². The number of esters is 1. The molecule has 4 rings (SSSR count). The van der Waals surface area contributed by atoms with E-state index in [1.54, 1.807) is 87.2 Å². The zero-order chi connectivity index (χ0) is 30.1. The summed E-state index contributed by atoms with van der Waals surface area (Å²) in [6, 6.07) is 17.2. The molecule has 0 bridgehead atoms. The van der Waals surface area contributed by atoms with Crippen molar-refractivity contribution >= 4 is 23.4 Å². The topological polar surface area (TPSA) is 120 Å². The zero-order valence-corrected chi connectivity index (χ0v) is 24.0. The highest BCUT2D eigenvalue weighted by Crippen LogP contribution is 2.33. The number of methoxy groups -OCH3 is 5. The number of hydrogen-bond acceptors (Lipinski definition) is 10. The van der Waals surface area contributed by atoms with Crippen molar-refractivity contribution in [2.24, 2.45) is 0 Å². The fourth-order valence-corrected chi connectivity index (χ4v) is 4.09. The smallest absolute Gasteiger partial charge is 0.339 e. The van der Waals surface area contributed by atoms with E-state index in [9.17, 15) is 9.59 Å².